The van der Waals surface area contributed by atoms with E-state index in [4.69, 9.17) is 18.0 Å². The molecule has 1 aliphatic carbocycles. The molecule has 5 heteroatoms. The second-order valence-corrected chi connectivity index (χ2v) is 6.19. The minimum absolute atomic E-state index is 0.0171. The first-order chi connectivity index (χ1) is 8.04. The Morgan fingerprint density at radius 3 is 2.88 bits per heavy atom. The van der Waals surface area contributed by atoms with E-state index >= 15 is 0 Å². The Kier molecular flexibility index (Phi) is 3.49. The van der Waals surface area contributed by atoms with Gasteiger partial charge in [0.1, 0.15) is 0 Å². The number of rotatable bonds is 4. The molecule has 0 bridgehead atoms. The first kappa shape index (κ1) is 12.5. The molecule has 3 nitrogen and oxygen atoms in total. The van der Waals surface area contributed by atoms with Crippen molar-refractivity contribution in [1.82, 2.24) is 5.32 Å². The molecule has 1 saturated carbocycles. The number of carbonyl (C=O) groups is 1. The van der Waals surface area contributed by atoms with Crippen molar-refractivity contribution in [2.45, 2.75) is 26.3 Å². The fourth-order valence-corrected chi connectivity index (χ4v) is 3.28. The van der Waals surface area contributed by atoms with Crippen molar-refractivity contribution in [3.63, 3.8) is 0 Å². The lowest BCUT2D eigenvalue weighted by atomic mass is 9.62. The quantitative estimate of drug-likeness (QED) is 0.822. The topological polar surface area (TPSA) is 55.1 Å². The Hall–Kier alpha value is -0.940. The number of nitrogens with two attached hydrogens (primary N) is 1. The van der Waals surface area contributed by atoms with Crippen LogP contribution in [0.1, 0.15) is 24.6 Å². The van der Waals surface area contributed by atoms with Crippen LogP contribution in [0.4, 0.5) is 0 Å². The summed E-state index contributed by atoms with van der Waals surface area (Å²) in [4.78, 5) is 13.6. The summed E-state index contributed by atoms with van der Waals surface area (Å²) < 4.78 is 0. The van der Waals surface area contributed by atoms with Gasteiger partial charge in [-0.1, -0.05) is 25.2 Å². The number of thiocarbonyl (C=S) groups is 1. The molecule has 17 heavy (non-hydrogen) atoms. The van der Waals surface area contributed by atoms with Gasteiger partial charge in [0.2, 0.25) is 5.91 Å². The first-order valence-corrected chi connectivity index (χ1v) is 6.94. The van der Waals surface area contributed by atoms with Crippen LogP contribution in [0, 0.1) is 11.3 Å². The van der Waals surface area contributed by atoms with Crippen molar-refractivity contribution in [3.8, 4) is 0 Å². The average molecular weight is 268 g/mol. The molecule has 0 unspecified atom stereocenters. The van der Waals surface area contributed by atoms with Gasteiger partial charge in [-0.25, -0.2) is 0 Å². The lowest BCUT2D eigenvalue weighted by Gasteiger charge is -2.44. The van der Waals surface area contributed by atoms with E-state index in [1.807, 2.05) is 17.5 Å². The van der Waals surface area contributed by atoms with Gasteiger partial charge in [-0.2, -0.15) is 0 Å². The van der Waals surface area contributed by atoms with Crippen molar-refractivity contribution < 1.29 is 4.79 Å². The number of hydrogen-bond donors (Lipinski definition) is 2. The summed E-state index contributed by atoms with van der Waals surface area (Å²) in [5, 5.41) is 4.93. The van der Waals surface area contributed by atoms with Crippen LogP contribution in [0.15, 0.2) is 17.5 Å². The molecular weight excluding hydrogens is 252 g/mol. The summed E-state index contributed by atoms with van der Waals surface area (Å²) in [5.41, 5.74) is 5.13. The van der Waals surface area contributed by atoms with E-state index in [0.29, 0.717) is 17.5 Å². The first-order valence-electron chi connectivity index (χ1n) is 5.65. The molecule has 1 aromatic rings. The number of amides is 1. The second kappa shape index (κ2) is 4.74. The molecule has 0 radical (unpaired) electrons. The molecular formula is C12H16N2OS2. The monoisotopic (exact) mass is 268 g/mol. The van der Waals surface area contributed by atoms with Gasteiger partial charge >= 0.3 is 0 Å². The number of thiophene rings is 1. The fourth-order valence-electron chi connectivity index (χ4n) is 2.38. The molecule has 3 N–H and O–H groups in total. The summed E-state index contributed by atoms with van der Waals surface area (Å²) in [6.45, 7) is 2.68. The molecule has 0 spiro atoms. The van der Waals surface area contributed by atoms with Crippen LogP contribution < -0.4 is 11.1 Å². The highest BCUT2D eigenvalue weighted by Crippen LogP contribution is 2.46. The van der Waals surface area contributed by atoms with E-state index in [1.54, 1.807) is 11.3 Å². The third-order valence-electron chi connectivity index (χ3n) is 3.30. The number of nitrogens with one attached hydrogen (secondary N) is 1. The highest BCUT2D eigenvalue weighted by molar-refractivity contribution is 7.80. The predicted octanol–water partition coefficient (Wildman–Crippen LogP) is 2.07. The van der Waals surface area contributed by atoms with Crippen LogP contribution in [-0.4, -0.2) is 10.9 Å². The second-order valence-electron chi connectivity index (χ2n) is 4.72. The highest BCUT2D eigenvalue weighted by Gasteiger charge is 2.50. The molecule has 1 fully saturated rings. The third-order valence-corrected chi connectivity index (χ3v) is 4.57. The van der Waals surface area contributed by atoms with Gasteiger partial charge in [-0.3, -0.25) is 4.79 Å². The van der Waals surface area contributed by atoms with Gasteiger partial charge in [-0.05, 0) is 30.2 Å². The van der Waals surface area contributed by atoms with Gasteiger partial charge in [0.05, 0.1) is 16.9 Å². The third kappa shape index (κ3) is 2.35. The van der Waals surface area contributed by atoms with E-state index in [0.717, 1.165) is 17.7 Å². The van der Waals surface area contributed by atoms with Crippen molar-refractivity contribution >= 4 is 34.5 Å². The molecule has 0 aliphatic heterocycles. The maximum atomic E-state index is 12.2. The van der Waals surface area contributed by atoms with Gasteiger partial charge < -0.3 is 11.1 Å². The van der Waals surface area contributed by atoms with Crippen LogP contribution in [0.3, 0.4) is 0 Å². The Bertz CT molecular complexity index is 422. The van der Waals surface area contributed by atoms with E-state index in [1.165, 1.54) is 0 Å². The number of carbonyl (C=O) groups excluding carboxylic acids is 1. The predicted molar refractivity (Wildman–Crippen MR) is 73.8 cm³/mol. The zero-order valence-electron chi connectivity index (χ0n) is 9.73. The Balaban J connectivity index is 1.96. The van der Waals surface area contributed by atoms with Crippen molar-refractivity contribution in [3.05, 3.63) is 22.4 Å². The Labute approximate surface area is 110 Å². The van der Waals surface area contributed by atoms with Crippen LogP contribution in [0.5, 0.6) is 0 Å². The van der Waals surface area contributed by atoms with Gasteiger partial charge in [0, 0.05) is 4.88 Å². The van der Waals surface area contributed by atoms with E-state index in [2.05, 4.69) is 12.2 Å². The molecule has 2 rings (SSSR count). The van der Waals surface area contributed by atoms with Gasteiger partial charge in [-0.15, -0.1) is 11.3 Å². The molecule has 1 amide bonds. The minimum atomic E-state index is -0.591. The Morgan fingerprint density at radius 1 is 1.71 bits per heavy atom. The zero-order valence-corrected chi connectivity index (χ0v) is 11.4. The van der Waals surface area contributed by atoms with Crippen LogP contribution in [0.25, 0.3) is 0 Å². The molecule has 1 aromatic heterocycles. The summed E-state index contributed by atoms with van der Waals surface area (Å²) in [6, 6.07) is 3.97. The van der Waals surface area contributed by atoms with Crippen molar-refractivity contribution in [1.29, 1.82) is 0 Å². The molecule has 0 aromatic carbocycles. The normalized spacial score (nSPS) is 27.2. The van der Waals surface area contributed by atoms with Crippen molar-refractivity contribution in [2.24, 2.45) is 17.1 Å². The maximum absolute atomic E-state index is 12.2. The van der Waals surface area contributed by atoms with Crippen molar-refractivity contribution in [2.75, 3.05) is 0 Å². The van der Waals surface area contributed by atoms with Crippen LogP contribution >= 0.6 is 23.6 Å². The summed E-state index contributed by atoms with van der Waals surface area (Å²) in [6.07, 6.45) is 1.55. The lowest BCUT2D eigenvalue weighted by molar-refractivity contribution is -0.133. The van der Waals surface area contributed by atoms with E-state index in [9.17, 15) is 4.79 Å². The highest BCUT2D eigenvalue weighted by atomic mass is 32.1. The van der Waals surface area contributed by atoms with Gasteiger partial charge in [0.15, 0.2) is 0 Å². The standard InChI is InChI=1S/C12H16N2OS2/c1-8-5-12(6-8,10(13)16)11(15)14-7-9-3-2-4-17-9/h2-4,8H,5-7H2,1H3,(H2,13,16)(H,14,15). The molecule has 1 heterocycles. The SMILES string of the molecule is CC1CC(C(=O)NCc2cccs2)(C(N)=S)C1. The molecule has 0 atom stereocenters. The Morgan fingerprint density at radius 2 is 2.41 bits per heavy atom. The summed E-state index contributed by atoms with van der Waals surface area (Å²) >= 11 is 6.68. The summed E-state index contributed by atoms with van der Waals surface area (Å²) in [5.74, 6) is 0.514. The smallest absolute Gasteiger partial charge is 0.233 e. The maximum Gasteiger partial charge on any atom is 0.233 e. The molecule has 1 aliphatic rings. The van der Waals surface area contributed by atoms with Crippen LogP contribution in [-0.2, 0) is 11.3 Å². The van der Waals surface area contributed by atoms with E-state index < -0.39 is 5.41 Å². The number of hydrogen-bond acceptors (Lipinski definition) is 3. The zero-order chi connectivity index (χ0) is 12.5. The minimum Gasteiger partial charge on any atom is -0.392 e. The largest absolute Gasteiger partial charge is 0.392 e. The van der Waals surface area contributed by atoms with Crippen LogP contribution in [0.2, 0.25) is 0 Å². The molecule has 0 saturated heterocycles. The lowest BCUT2D eigenvalue weighted by Crippen LogP contribution is -2.55. The van der Waals surface area contributed by atoms with Gasteiger partial charge in [0.25, 0.3) is 0 Å². The molecule has 92 valence electrons. The fraction of sp³-hybridized carbons (Fsp3) is 0.500. The van der Waals surface area contributed by atoms with E-state index in [-0.39, 0.29) is 5.91 Å². The summed E-state index contributed by atoms with van der Waals surface area (Å²) in [7, 11) is 0. The average Bonchev–Trinajstić information content (AvgIpc) is 2.73.